The molecule has 6 heteroatoms. The van der Waals surface area contributed by atoms with Crippen molar-refractivity contribution in [2.75, 3.05) is 0 Å². The Labute approximate surface area is 120 Å². The first-order valence-electron chi connectivity index (χ1n) is 6.67. The zero-order chi connectivity index (χ0) is 15.1. The van der Waals surface area contributed by atoms with E-state index in [1.807, 2.05) is 37.3 Å². The molecular weight excluding hydrogens is 268 g/mol. The van der Waals surface area contributed by atoms with Crippen molar-refractivity contribution in [1.82, 2.24) is 18.7 Å². The van der Waals surface area contributed by atoms with Gasteiger partial charge in [-0.2, -0.15) is 0 Å². The van der Waals surface area contributed by atoms with Crippen molar-refractivity contribution in [1.29, 1.82) is 0 Å². The van der Waals surface area contributed by atoms with Crippen LogP contribution in [0.1, 0.15) is 11.4 Å². The molecule has 0 saturated heterocycles. The smallest absolute Gasteiger partial charge is 0.325 e. The van der Waals surface area contributed by atoms with Crippen molar-refractivity contribution in [3.8, 4) is 0 Å². The summed E-state index contributed by atoms with van der Waals surface area (Å²) in [6.45, 7) is 2.21. The Hall–Kier alpha value is -2.63. The summed E-state index contributed by atoms with van der Waals surface area (Å²) >= 11 is 0. The predicted molar refractivity (Wildman–Crippen MR) is 80.5 cm³/mol. The second-order valence-corrected chi connectivity index (χ2v) is 5.11. The molecule has 0 bridgehead atoms. The lowest BCUT2D eigenvalue weighted by Crippen LogP contribution is -2.38. The lowest BCUT2D eigenvalue weighted by molar-refractivity contribution is 0.667. The summed E-state index contributed by atoms with van der Waals surface area (Å²) in [5.74, 6) is 0.703. The van der Waals surface area contributed by atoms with Gasteiger partial charge in [-0.05, 0) is 12.5 Å². The van der Waals surface area contributed by atoms with Gasteiger partial charge in [0, 0.05) is 14.1 Å². The predicted octanol–water partition coefficient (Wildman–Crippen LogP) is 0.790. The number of nitrogens with zero attached hydrogens (tertiary/aromatic N) is 4. The van der Waals surface area contributed by atoms with Crippen LogP contribution >= 0.6 is 0 Å². The Morgan fingerprint density at radius 1 is 1.05 bits per heavy atom. The molecular formula is C15H16N4O2. The largest absolute Gasteiger partial charge is 0.332 e. The van der Waals surface area contributed by atoms with E-state index in [0.29, 0.717) is 23.5 Å². The molecule has 0 aliphatic carbocycles. The molecule has 0 amide bonds. The van der Waals surface area contributed by atoms with Crippen molar-refractivity contribution >= 4 is 11.2 Å². The number of rotatable bonds is 2. The summed E-state index contributed by atoms with van der Waals surface area (Å²) in [7, 11) is 3.28. The Morgan fingerprint density at radius 2 is 1.71 bits per heavy atom. The maximum absolute atomic E-state index is 12.4. The van der Waals surface area contributed by atoms with Crippen LogP contribution in [0.15, 0.2) is 39.9 Å². The number of fused-ring (bicyclic) bond motifs is 1. The molecule has 0 unspecified atom stereocenters. The van der Waals surface area contributed by atoms with Crippen molar-refractivity contribution in [2.24, 2.45) is 14.1 Å². The maximum atomic E-state index is 12.4. The van der Waals surface area contributed by atoms with E-state index in [9.17, 15) is 9.59 Å². The molecule has 3 aromatic rings. The fraction of sp³-hybridized carbons (Fsp3) is 0.267. The molecule has 0 fully saturated rings. The lowest BCUT2D eigenvalue weighted by atomic mass is 10.2. The SMILES string of the molecule is Cc1nc2c(c(=O)n(C)c(=O)n2Cc2ccccc2)n1C. The summed E-state index contributed by atoms with van der Waals surface area (Å²) in [5, 5.41) is 0. The molecule has 0 radical (unpaired) electrons. The van der Waals surface area contributed by atoms with Crippen molar-refractivity contribution in [2.45, 2.75) is 13.5 Å². The van der Waals surface area contributed by atoms with Gasteiger partial charge in [0.25, 0.3) is 5.56 Å². The van der Waals surface area contributed by atoms with Gasteiger partial charge in [0.2, 0.25) is 0 Å². The highest BCUT2D eigenvalue weighted by molar-refractivity contribution is 5.71. The quantitative estimate of drug-likeness (QED) is 0.699. The number of aryl methyl sites for hydroxylation is 2. The summed E-state index contributed by atoms with van der Waals surface area (Å²) in [5.41, 5.74) is 1.21. The number of benzene rings is 1. The third kappa shape index (κ3) is 1.99. The second-order valence-electron chi connectivity index (χ2n) is 5.11. The molecule has 0 spiro atoms. The average molecular weight is 284 g/mol. The number of hydrogen-bond donors (Lipinski definition) is 0. The summed E-state index contributed by atoms with van der Waals surface area (Å²) in [6.07, 6.45) is 0. The van der Waals surface area contributed by atoms with Gasteiger partial charge in [0.15, 0.2) is 11.2 Å². The topological polar surface area (TPSA) is 61.8 Å². The Kier molecular flexibility index (Phi) is 3.01. The van der Waals surface area contributed by atoms with E-state index >= 15 is 0 Å². The van der Waals surface area contributed by atoms with Gasteiger partial charge in [-0.1, -0.05) is 30.3 Å². The van der Waals surface area contributed by atoms with E-state index in [0.717, 1.165) is 10.1 Å². The molecule has 0 N–H and O–H groups in total. The van der Waals surface area contributed by atoms with Crippen LogP contribution in [0, 0.1) is 6.92 Å². The molecule has 3 rings (SSSR count). The summed E-state index contributed by atoms with van der Waals surface area (Å²) in [6, 6.07) is 9.65. The normalized spacial score (nSPS) is 11.2. The molecule has 0 atom stereocenters. The van der Waals surface area contributed by atoms with E-state index in [2.05, 4.69) is 4.98 Å². The van der Waals surface area contributed by atoms with Gasteiger partial charge >= 0.3 is 5.69 Å². The molecule has 2 heterocycles. The highest BCUT2D eigenvalue weighted by Crippen LogP contribution is 2.10. The van der Waals surface area contributed by atoms with E-state index in [1.165, 1.54) is 7.05 Å². The van der Waals surface area contributed by atoms with Gasteiger partial charge in [-0.3, -0.25) is 13.9 Å². The minimum atomic E-state index is -0.352. The standard InChI is InChI=1S/C15H16N4O2/c1-10-16-13-12(17(10)2)14(20)18(3)15(21)19(13)9-11-7-5-4-6-8-11/h4-8H,9H2,1-3H3. The molecule has 0 saturated carbocycles. The third-order valence-electron chi connectivity index (χ3n) is 3.76. The van der Waals surface area contributed by atoms with Gasteiger partial charge in [-0.15, -0.1) is 0 Å². The van der Waals surface area contributed by atoms with Gasteiger partial charge in [0.05, 0.1) is 6.54 Å². The van der Waals surface area contributed by atoms with Crippen LogP contribution in [0.3, 0.4) is 0 Å². The summed E-state index contributed by atoms with van der Waals surface area (Å²) < 4.78 is 4.39. The van der Waals surface area contributed by atoms with Gasteiger partial charge < -0.3 is 4.57 Å². The number of hydrogen-bond acceptors (Lipinski definition) is 3. The third-order valence-corrected chi connectivity index (χ3v) is 3.76. The van der Waals surface area contributed by atoms with E-state index in [-0.39, 0.29) is 11.2 Å². The minimum Gasteiger partial charge on any atom is -0.325 e. The van der Waals surface area contributed by atoms with Crippen LogP contribution in [0.25, 0.3) is 11.2 Å². The molecule has 0 aliphatic heterocycles. The van der Waals surface area contributed by atoms with Crippen molar-refractivity contribution in [3.63, 3.8) is 0 Å². The zero-order valence-corrected chi connectivity index (χ0v) is 12.2. The minimum absolute atomic E-state index is 0.317. The molecule has 108 valence electrons. The van der Waals surface area contributed by atoms with Crippen molar-refractivity contribution < 1.29 is 0 Å². The molecule has 1 aromatic carbocycles. The van der Waals surface area contributed by atoms with Gasteiger partial charge in [-0.25, -0.2) is 9.78 Å². The van der Waals surface area contributed by atoms with Crippen LogP contribution < -0.4 is 11.2 Å². The highest BCUT2D eigenvalue weighted by atomic mass is 16.2. The number of imidazole rings is 1. The fourth-order valence-corrected chi connectivity index (χ4v) is 2.45. The first-order chi connectivity index (χ1) is 10.0. The molecule has 6 nitrogen and oxygen atoms in total. The first-order valence-corrected chi connectivity index (χ1v) is 6.67. The fourth-order valence-electron chi connectivity index (χ4n) is 2.45. The monoisotopic (exact) mass is 284 g/mol. The highest BCUT2D eigenvalue weighted by Gasteiger charge is 2.16. The van der Waals surface area contributed by atoms with E-state index < -0.39 is 0 Å². The van der Waals surface area contributed by atoms with Crippen LogP contribution in [0.2, 0.25) is 0 Å². The van der Waals surface area contributed by atoms with E-state index in [4.69, 9.17) is 0 Å². The molecule has 2 aromatic heterocycles. The van der Waals surface area contributed by atoms with Crippen molar-refractivity contribution in [3.05, 3.63) is 62.6 Å². The van der Waals surface area contributed by atoms with E-state index in [1.54, 1.807) is 16.2 Å². The molecule has 21 heavy (non-hydrogen) atoms. The maximum Gasteiger partial charge on any atom is 0.332 e. The molecule has 0 aliphatic rings. The second kappa shape index (κ2) is 4.73. The lowest BCUT2D eigenvalue weighted by Gasteiger charge is -2.09. The zero-order valence-electron chi connectivity index (χ0n) is 12.2. The van der Waals surface area contributed by atoms with Gasteiger partial charge in [0.1, 0.15) is 5.82 Å². The summed E-state index contributed by atoms with van der Waals surface area (Å²) in [4.78, 5) is 29.1. The first kappa shape index (κ1) is 13.4. The Balaban J connectivity index is 2.35. The van der Waals surface area contributed by atoms with Crippen LogP contribution in [-0.2, 0) is 20.6 Å². The number of aromatic nitrogens is 4. The Morgan fingerprint density at radius 3 is 2.38 bits per heavy atom. The Bertz CT molecular complexity index is 932. The van der Waals surface area contributed by atoms with Crippen LogP contribution in [0.4, 0.5) is 0 Å². The van der Waals surface area contributed by atoms with Crippen LogP contribution in [0.5, 0.6) is 0 Å². The van der Waals surface area contributed by atoms with Crippen LogP contribution in [-0.4, -0.2) is 18.7 Å². The average Bonchev–Trinajstić information content (AvgIpc) is 2.78.